The first-order chi connectivity index (χ1) is 8.02. The van der Waals surface area contributed by atoms with Crippen LogP contribution in [0, 0.1) is 5.92 Å². The van der Waals surface area contributed by atoms with Gasteiger partial charge in [0.05, 0.1) is 6.10 Å². The van der Waals surface area contributed by atoms with E-state index in [-0.39, 0.29) is 12.1 Å². The molecule has 5 heteroatoms. The molecule has 0 aromatic carbocycles. The lowest BCUT2D eigenvalue weighted by molar-refractivity contribution is 0.232. The van der Waals surface area contributed by atoms with Crippen LogP contribution in [0.25, 0.3) is 0 Å². The van der Waals surface area contributed by atoms with Gasteiger partial charge in [-0.1, -0.05) is 13.8 Å². The number of hydrogen-bond donors (Lipinski definition) is 2. The fraction of sp³-hybridized carbons (Fsp3) is 0.667. The molecule has 1 heterocycles. The molecule has 1 aromatic rings. The third-order valence-electron chi connectivity index (χ3n) is 2.39. The lowest BCUT2D eigenvalue weighted by Gasteiger charge is -2.21. The van der Waals surface area contributed by atoms with Gasteiger partial charge in [-0.3, -0.25) is 0 Å². The predicted octanol–water partition coefficient (Wildman–Crippen LogP) is 1.66. The van der Waals surface area contributed by atoms with Gasteiger partial charge < -0.3 is 15.8 Å². The maximum absolute atomic E-state index is 5.70. The van der Waals surface area contributed by atoms with Crippen molar-refractivity contribution in [1.82, 2.24) is 9.97 Å². The Morgan fingerprint density at radius 1 is 1.29 bits per heavy atom. The number of ether oxygens (including phenoxy) is 1. The molecule has 0 radical (unpaired) electrons. The molecule has 1 atom stereocenters. The van der Waals surface area contributed by atoms with Gasteiger partial charge in [-0.25, -0.2) is 9.97 Å². The second-order valence-corrected chi connectivity index (χ2v) is 4.64. The van der Waals surface area contributed by atoms with Gasteiger partial charge in [0.2, 0.25) is 5.88 Å². The summed E-state index contributed by atoms with van der Waals surface area (Å²) >= 11 is 0. The van der Waals surface area contributed by atoms with Crippen molar-refractivity contribution in [1.29, 1.82) is 0 Å². The number of aromatic nitrogens is 2. The highest BCUT2D eigenvalue weighted by molar-refractivity contribution is 5.38. The summed E-state index contributed by atoms with van der Waals surface area (Å²) < 4.78 is 5.51. The van der Waals surface area contributed by atoms with Gasteiger partial charge in [0.1, 0.15) is 12.1 Å². The van der Waals surface area contributed by atoms with Crippen molar-refractivity contribution in [3.63, 3.8) is 0 Å². The van der Waals surface area contributed by atoms with Crippen LogP contribution in [0.4, 0.5) is 5.82 Å². The monoisotopic (exact) mass is 238 g/mol. The lowest BCUT2D eigenvalue weighted by atomic mass is 10.1. The Hall–Kier alpha value is -1.36. The molecule has 0 bridgehead atoms. The topological polar surface area (TPSA) is 73.1 Å². The van der Waals surface area contributed by atoms with E-state index in [0.29, 0.717) is 18.3 Å². The molecule has 3 N–H and O–H groups in total. The van der Waals surface area contributed by atoms with Crippen LogP contribution < -0.4 is 15.8 Å². The quantitative estimate of drug-likeness (QED) is 0.788. The van der Waals surface area contributed by atoms with Gasteiger partial charge in [0, 0.05) is 18.7 Å². The Morgan fingerprint density at radius 3 is 2.53 bits per heavy atom. The molecule has 5 nitrogen and oxygen atoms in total. The molecule has 0 aliphatic rings. The highest BCUT2D eigenvalue weighted by Gasteiger charge is 2.12. The summed E-state index contributed by atoms with van der Waals surface area (Å²) in [6, 6.07) is 2.00. The number of anilines is 1. The first-order valence-electron chi connectivity index (χ1n) is 5.98. The first-order valence-corrected chi connectivity index (χ1v) is 5.98. The molecule has 1 aromatic heterocycles. The molecule has 0 amide bonds. The second kappa shape index (κ2) is 6.39. The molecule has 0 saturated carbocycles. The van der Waals surface area contributed by atoms with Crippen LogP contribution in [0.2, 0.25) is 0 Å². The average Bonchev–Trinajstić information content (AvgIpc) is 2.25. The third kappa shape index (κ3) is 4.56. The average molecular weight is 238 g/mol. The third-order valence-corrected chi connectivity index (χ3v) is 2.39. The zero-order valence-corrected chi connectivity index (χ0v) is 11.0. The molecular weight excluding hydrogens is 216 g/mol. The number of nitrogens with one attached hydrogen (secondary N) is 1. The molecule has 1 rings (SSSR count). The summed E-state index contributed by atoms with van der Waals surface area (Å²) in [5, 5.41) is 3.29. The maximum Gasteiger partial charge on any atom is 0.218 e. The fourth-order valence-corrected chi connectivity index (χ4v) is 1.41. The minimum absolute atomic E-state index is 0.105. The SMILES string of the molecule is CC(C)Oc1cc(NC(CN)C(C)C)ncn1. The van der Waals surface area contributed by atoms with Crippen LogP contribution >= 0.6 is 0 Å². The summed E-state index contributed by atoms with van der Waals surface area (Å²) in [6.45, 7) is 8.74. The van der Waals surface area contributed by atoms with Crippen LogP contribution in [-0.4, -0.2) is 28.7 Å². The van der Waals surface area contributed by atoms with E-state index < -0.39 is 0 Å². The van der Waals surface area contributed by atoms with Crippen molar-refractivity contribution in [2.45, 2.75) is 39.8 Å². The van der Waals surface area contributed by atoms with E-state index in [1.165, 1.54) is 6.33 Å². The Bertz CT molecular complexity index is 341. The summed E-state index contributed by atoms with van der Waals surface area (Å²) in [6.07, 6.45) is 1.60. The Labute approximate surface area is 103 Å². The van der Waals surface area contributed by atoms with E-state index >= 15 is 0 Å². The van der Waals surface area contributed by atoms with Crippen molar-refractivity contribution < 1.29 is 4.74 Å². The summed E-state index contributed by atoms with van der Waals surface area (Å²) in [4.78, 5) is 8.21. The molecule has 96 valence electrons. The summed E-state index contributed by atoms with van der Waals surface area (Å²) in [5.74, 6) is 1.78. The molecule has 0 saturated heterocycles. The Balaban J connectivity index is 2.70. The smallest absolute Gasteiger partial charge is 0.218 e. The van der Waals surface area contributed by atoms with Crippen LogP contribution in [0.15, 0.2) is 12.4 Å². The van der Waals surface area contributed by atoms with Gasteiger partial charge in [-0.05, 0) is 19.8 Å². The molecule has 0 aliphatic carbocycles. The standard InChI is InChI=1S/C12H22N4O/c1-8(2)10(6-13)16-11-5-12(15-7-14-11)17-9(3)4/h5,7-10H,6,13H2,1-4H3,(H,14,15,16). The van der Waals surface area contributed by atoms with Crippen LogP contribution in [0.3, 0.4) is 0 Å². The Morgan fingerprint density at radius 2 is 2.00 bits per heavy atom. The minimum Gasteiger partial charge on any atom is -0.475 e. The first kappa shape index (κ1) is 13.7. The zero-order chi connectivity index (χ0) is 12.8. The van der Waals surface area contributed by atoms with Gasteiger partial charge >= 0.3 is 0 Å². The highest BCUT2D eigenvalue weighted by Crippen LogP contribution is 2.15. The minimum atomic E-state index is 0.105. The lowest BCUT2D eigenvalue weighted by Crippen LogP contribution is -2.34. The van der Waals surface area contributed by atoms with E-state index in [4.69, 9.17) is 10.5 Å². The summed E-state index contributed by atoms with van der Waals surface area (Å²) in [5.41, 5.74) is 5.70. The van der Waals surface area contributed by atoms with Crippen molar-refractivity contribution in [3.8, 4) is 5.88 Å². The van der Waals surface area contributed by atoms with Gasteiger partial charge in [0.25, 0.3) is 0 Å². The zero-order valence-electron chi connectivity index (χ0n) is 11.0. The number of nitrogens with two attached hydrogens (primary N) is 1. The van der Waals surface area contributed by atoms with Crippen molar-refractivity contribution in [3.05, 3.63) is 12.4 Å². The fourth-order valence-electron chi connectivity index (χ4n) is 1.41. The normalized spacial score (nSPS) is 12.9. The molecular formula is C12H22N4O. The van der Waals surface area contributed by atoms with E-state index in [2.05, 4.69) is 29.1 Å². The van der Waals surface area contributed by atoms with Gasteiger partial charge in [-0.15, -0.1) is 0 Å². The molecule has 1 unspecified atom stereocenters. The highest BCUT2D eigenvalue weighted by atomic mass is 16.5. The van der Waals surface area contributed by atoms with Gasteiger partial charge in [0.15, 0.2) is 0 Å². The molecule has 0 fully saturated rings. The molecule has 0 spiro atoms. The molecule has 17 heavy (non-hydrogen) atoms. The largest absolute Gasteiger partial charge is 0.475 e. The van der Waals surface area contributed by atoms with Crippen molar-refractivity contribution >= 4 is 5.82 Å². The number of rotatable bonds is 6. The van der Waals surface area contributed by atoms with Crippen LogP contribution in [0.1, 0.15) is 27.7 Å². The van der Waals surface area contributed by atoms with E-state index in [1.807, 2.05) is 13.8 Å². The van der Waals surface area contributed by atoms with Crippen LogP contribution in [0.5, 0.6) is 5.88 Å². The second-order valence-electron chi connectivity index (χ2n) is 4.64. The molecule has 0 aliphatic heterocycles. The van der Waals surface area contributed by atoms with Crippen molar-refractivity contribution in [2.75, 3.05) is 11.9 Å². The maximum atomic E-state index is 5.70. The number of hydrogen-bond acceptors (Lipinski definition) is 5. The Kier molecular flexibility index (Phi) is 5.15. The number of nitrogens with zero attached hydrogens (tertiary/aromatic N) is 2. The predicted molar refractivity (Wildman–Crippen MR) is 69.1 cm³/mol. The summed E-state index contributed by atoms with van der Waals surface area (Å²) in [7, 11) is 0. The van der Waals surface area contributed by atoms with Gasteiger partial charge in [-0.2, -0.15) is 0 Å². The van der Waals surface area contributed by atoms with E-state index in [1.54, 1.807) is 6.07 Å². The van der Waals surface area contributed by atoms with Crippen LogP contribution in [-0.2, 0) is 0 Å². The van der Waals surface area contributed by atoms with Crippen molar-refractivity contribution in [2.24, 2.45) is 11.7 Å². The van der Waals surface area contributed by atoms with E-state index in [0.717, 1.165) is 5.82 Å². The van der Waals surface area contributed by atoms with E-state index in [9.17, 15) is 0 Å².